The largest absolute Gasteiger partial charge is 0.501 e. The molecule has 0 aliphatic heterocycles. The Kier molecular flexibility index (Phi) is 9.76. The van der Waals surface area contributed by atoms with Crippen LogP contribution in [0.15, 0.2) is 77.7 Å². The summed E-state index contributed by atoms with van der Waals surface area (Å²) in [5.41, 5.74) is -0.470. The van der Waals surface area contributed by atoms with E-state index in [1.807, 2.05) is 33.9 Å². The van der Waals surface area contributed by atoms with Gasteiger partial charge >= 0.3 is 5.51 Å². The van der Waals surface area contributed by atoms with Gasteiger partial charge in [-0.3, -0.25) is 0 Å². The van der Waals surface area contributed by atoms with Crippen LogP contribution in [0.4, 0.5) is 13.2 Å². The number of rotatable bonds is 8. The summed E-state index contributed by atoms with van der Waals surface area (Å²) < 4.78 is 75.3. The summed E-state index contributed by atoms with van der Waals surface area (Å²) in [6.45, 7) is 10.3. The van der Waals surface area contributed by atoms with E-state index in [4.69, 9.17) is 21.8 Å². The van der Waals surface area contributed by atoms with E-state index < -0.39 is 34.0 Å². The normalized spacial score (nSPS) is 12.9. The lowest BCUT2D eigenvalue weighted by molar-refractivity contribution is -0.0436. The monoisotopic (exact) mass is 621 g/mol. The summed E-state index contributed by atoms with van der Waals surface area (Å²) in [6, 6.07) is 19.4. The van der Waals surface area contributed by atoms with Gasteiger partial charge in [0.1, 0.15) is 5.41 Å². The second-order valence-corrected chi connectivity index (χ2v) is 18.4. The van der Waals surface area contributed by atoms with Gasteiger partial charge in [0.2, 0.25) is 0 Å². The van der Waals surface area contributed by atoms with E-state index in [9.17, 15) is 21.6 Å². The second kappa shape index (κ2) is 12.2. The molecule has 220 valence electrons. The topological polar surface area (TPSA) is 69.4 Å². The lowest BCUT2D eigenvalue weighted by Crippen LogP contribution is -2.39. The zero-order valence-corrected chi connectivity index (χ0v) is 26.3. The Morgan fingerprint density at radius 2 is 1.41 bits per heavy atom. The van der Waals surface area contributed by atoms with Crippen LogP contribution in [0.2, 0.25) is 23.2 Å². The molecule has 2 N–H and O–H groups in total. The molecule has 0 heterocycles. The Morgan fingerprint density at radius 3 is 1.85 bits per heavy atom. The van der Waals surface area contributed by atoms with Crippen molar-refractivity contribution in [3.63, 3.8) is 0 Å². The quantitative estimate of drug-likeness (QED) is 0.158. The van der Waals surface area contributed by atoms with Gasteiger partial charge in [0.05, 0.1) is 11.0 Å². The van der Waals surface area contributed by atoms with Gasteiger partial charge in [0.25, 0.3) is 18.2 Å². The van der Waals surface area contributed by atoms with Gasteiger partial charge in [-0.05, 0) is 72.3 Å². The van der Waals surface area contributed by atoms with Gasteiger partial charge in [-0.25, -0.2) is 8.42 Å². The molecule has 0 unspecified atom stereocenters. The van der Waals surface area contributed by atoms with Crippen LogP contribution in [-0.2, 0) is 26.1 Å². The smallest absolute Gasteiger partial charge is 0.500 e. The highest BCUT2D eigenvalue weighted by molar-refractivity contribution is 7.92. The fourth-order valence-electron chi connectivity index (χ4n) is 4.31. The van der Waals surface area contributed by atoms with E-state index in [2.05, 4.69) is 12.0 Å². The van der Waals surface area contributed by atoms with Gasteiger partial charge < -0.3 is 10.2 Å². The number of sulfone groups is 1. The molecule has 3 aromatic rings. The van der Waals surface area contributed by atoms with Crippen molar-refractivity contribution in [2.45, 2.75) is 67.6 Å². The molecular formula is C31H35ClF3NO3SSi. The Bertz CT molecular complexity index is 1490. The van der Waals surface area contributed by atoms with E-state index in [0.29, 0.717) is 17.5 Å². The highest BCUT2D eigenvalue weighted by atomic mass is 35.5. The minimum atomic E-state index is -5.84. The summed E-state index contributed by atoms with van der Waals surface area (Å²) >= 11 is 6.66. The molecule has 0 atom stereocenters. The molecule has 0 bridgehead atoms. The summed E-state index contributed by atoms with van der Waals surface area (Å²) in [7, 11) is -8.28. The molecule has 10 heteroatoms. The van der Waals surface area contributed by atoms with Crippen molar-refractivity contribution in [1.82, 2.24) is 0 Å². The number of nitrogens with two attached hydrogens (primary N) is 1. The summed E-state index contributed by atoms with van der Waals surface area (Å²) in [5.74, 6) is 3.16. The third-order valence-electron chi connectivity index (χ3n) is 7.58. The van der Waals surface area contributed by atoms with E-state index in [0.717, 1.165) is 6.07 Å². The molecule has 0 radical (unpaired) electrons. The first kappa shape index (κ1) is 32.7. The summed E-state index contributed by atoms with van der Waals surface area (Å²) in [5, 5.41) is -0.0883. The Morgan fingerprint density at radius 1 is 0.902 bits per heavy atom. The van der Waals surface area contributed by atoms with Crippen molar-refractivity contribution in [1.29, 1.82) is 0 Å². The van der Waals surface area contributed by atoms with Crippen molar-refractivity contribution < 1.29 is 26.0 Å². The maximum Gasteiger partial charge on any atom is 0.501 e. The maximum atomic E-state index is 14.2. The summed E-state index contributed by atoms with van der Waals surface area (Å²) in [6.07, 6.45) is 3.35. The number of alkyl halides is 3. The van der Waals surface area contributed by atoms with E-state index in [1.54, 1.807) is 60.7 Å². The molecule has 0 fully saturated rings. The van der Waals surface area contributed by atoms with Crippen LogP contribution >= 0.6 is 11.6 Å². The zero-order valence-electron chi connectivity index (χ0n) is 23.8. The molecule has 0 spiro atoms. The second-order valence-electron chi connectivity index (χ2n) is 11.3. The standard InChI is InChI=1S/C31H35ClF3NO3SSi/c1-29(2,3)41(4,5)39-22-20-30(23-13-8-6-9-14-23,24-15-10-7-11-16-24)28-25(17-12-21-36)26(32)18-19-27(28)40(37,38)31(33,34)35/h6-11,13-16,18-19H,12,17,21,36H2,1-5H3. The first-order valence-corrected chi connectivity index (χ1v) is 17.9. The van der Waals surface area contributed by atoms with Crippen molar-refractivity contribution in [3.05, 3.63) is 100 Å². The Labute approximate surface area is 247 Å². The molecular weight excluding hydrogens is 587 g/mol. The Hall–Kier alpha value is -2.77. The average Bonchev–Trinajstić information content (AvgIpc) is 2.90. The molecule has 0 saturated heterocycles. The average molecular weight is 622 g/mol. The molecule has 41 heavy (non-hydrogen) atoms. The zero-order chi connectivity index (χ0) is 30.7. The van der Waals surface area contributed by atoms with Crippen LogP contribution in [0.1, 0.15) is 49.4 Å². The molecule has 3 rings (SSSR count). The van der Waals surface area contributed by atoms with Crippen molar-refractivity contribution in [3.8, 4) is 12.0 Å². The number of benzene rings is 3. The maximum absolute atomic E-state index is 14.2. The van der Waals surface area contributed by atoms with Gasteiger partial charge in [0, 0.05) is 10.6 Å². The fourth-order valence-corrected chi connectivity index (χ4v) is 6.21. The van der Waals surface area contributed by atoms with Crippen LogP contribution in [0.3, 0.4) is 0 Å². The van der Waals surface area contributed by atoms with Crippen LogP contribution in [-0.4, -0.2) is 28.8 Å². The van der Waals surface area contributed by atoms with Gasteiger partial charge in [0.15, 0.2) is 0 Å². The number of hydrogen-bond donors (Lipinski definition) is 1. The predicted octanol–water partition coefficient (Wildman–Crippen LogP) is 7.84. The summed E-state index contributed by atoms with van der Waals surface area (Å²) in [4.78, 5) is -0.907. The van der Waals surface area contributed by atoms with Gasteiger partial charge in [-0.1, -0.05) is 93.0 Å². The van der Waals surface area contributed by atoms with Gasteiger partial charge in [-0.15, -0.1) is 0 Å². The van der Waals surface area contributed by atoms with Crippen LogP contribution in [0.5, 0.6) is 0 Å². The highest BCUT2D eigenvalue weighted by Crippen LogP contribution is 2.48. The lowest BCUT2D eigenvalue weighted by atomic mass is 9.68. The number of halogens is 4. The van der Waals surface area contributed by atoms with E-state index in [1.165, 1.54) is 6.07 Å². The van der Waals surface area contributed by atoms with Crippen LogP contribution in [0.25, 0.3) is 0 Å². The predicted molar refractivity (Wildman–Crippen MR) is 161 cm³/mol. The molecule has 0 aromatic heterocycles. The van der Waals surface area contributed by atoms with Gasteiger partial charge in [-0.2, -0.15) is 13.2 Å². The van der Waals surface area contributed by atoms with E-state index in [-0.39, 0.29) is 34.2 Å². The minimum Gasteiger partial charge on any atom is -0.500 e. The SMILES string of the molecule is CC(C)(C)[Si](C)(C)OC#CC(c1ccccc1)(c1ccccc1)c1c(S(=O)(=O)C(F)(F)F)ccc(Cl)c1CCCN. The molecule has 3 aromatic carbocycles. The van der Waals surface area contributed by atoms with Crippen molar-refractivity contribution >= 4 is 29.8 Å². The van der Waals surface area contributed by atoms with Crippen molar-refractivity contribution in [2.75, 3.05) is 6.54 Å². The van der Waals surface area contributed by atoms with E-state index >= 15 is 0 Å². The number of hydrogen-bond acceptors (Lipinski definition) is 4. The first-order valence-electron chi connectivity index (χ1n) is 13.1. The molecule has 0 amide bonds. The van der Waals surface area contributed by atoms with Crippen molar-refractivity contribution in [2.24, 2.45) is 5.73 Å². The molecule has 0 aliphatic rings. The third-order valence-corrected chi connectivity index (χ3v) is 13.7. The highest BCUT2D eigenvalue weighted by Gasteiger charge is 2.51. The third kappa shape index (κ3) is 6.51. The Balaban J connectivity index is 2.62. The fraction of sp³-hybridized carbons (Fsp3) is 0.355. The van der Waals surface area contributed by atoms with Crippen LogP contribution < -0.4 is 5.73 Å². The molecule has 0 aliphatic carbocycles. The first-order chi connectivity index (χ1) is 19.0. The minimum absolute atomic E-state index is 0.123. The molecule has 4 nitrogen and oxygen atoms in total. The lowest BCUT2D eigenvalue weighted by Gasteiger charge is -2.36. The van der Waals surface area contributed by atoms with Crippen LogP contribution in [0, 0.1) is 12.0 Å². The molecule has 0 saturated carbocycles.